The van der Waals surface area contributed by atoms with Crippen molar-refractivity contribution in [2.45, 2.75) is 5.75 Å². The summed E-state index contributed by atoms with van der Waals surface area (Å²) < 4.78 is 25.3. The average molecular weight is 389 g/mol. The van der Waals surface area contributed by atoms with Crippen molar-refractivity contribution in [1.29, 1.82) is 0 Å². The van der Waals surface area contributed by atoms with Crippen molar-refractivity contribution < 1.29 is 18.3 Å². The van der Waals surface area contributed by atoms with E-state index in [4.69, 9.17) is 5.11 Å². The zero-order valence-corrected chi connectivity index (χ0v) is 16.2. The molecule has 1 aromatic heterocycles. The number of carboxylic acids is 1. The molecule has 0 fully saturated rings. The van der Waals surface area contributed by atoms with Gasteiger partial charge in [0.2, 0.25) is 10.0 Å². The maximum absolute atomic E-state index is 11.5. The molecule has 3 N–H and O–H groups in total. The fraction of sp³-hybridized carbons (Fsp3) is 0.211. The molecule has 0 spiro atoms. The lowest BCUT2D eigenvalue weighted by molar-refractivity contribution is 0.0697. The molecule has 1 heterocycles. The van der Waals surface area contributed by atoms with E-state index in [0.717, 1.165) is 22.3 Å². The Kier molecular flexibility index (Phi) is 6.59. The van der Waals surface area contributed by atoms with E-state index in [0.29, 0.717) is 5.56 Å². The van der Waals surface area contributed by atoms with Crippen LogP contribution >= 0.6 is 0 Å². The zero-order chi connectivity index (χ0) is 20.0. The number of nitrogens with one attached hydrogen (secondary N) is 2. The molecule has 0 radical (unpaired) electrons. The molecule has 8 heteroatoms. The van der Waals surface area contributed by atoms with Crippen LogP contribution in [0.25, 0.3) is 10.9 Å². The Morgan fingerprint density at radius 2 is 1.78 bits per heavy atom. The summed E-state index contributed by atoms with van der Waals surface area (Å²) in [6, 6.07) is 15.9. The summed E-state index contributed by atoms with van der Waals surface area (Å²) in [6.45, 7) is 0. The van der Waals surface area contributed by atoms with E-state index in [1.807, 2.05) is 43.3 Å². The molecule has 3 rings (SSSR count). The molecule has 27 heavy (non-hydrogen) atoms. The summed E-state index contributed by atoms with van der Waals surface area (Å²) in [7, 11) is 2.11. The lowest BCUT2D eigenvalue weighted by atomic mass is 10.2. The van der Waals surface area contributed by atoms with E-state index in [2.05, 4.69) is 9.71 Å². The van der Waals surface area contributed by atoms with Gasteiger partial charge >= 0.3 is 5.97 Å². The summed E-state index contributed by atoms with van der Waals surface area (Å²) in [5, 5.41) is 9.40. The Labute approximate surface area is 158 Å². The molecule has 0 saturated carbocycles. The SMILES string of the molecule is CNS(=O)(=O)Cc1ccc2[nH]c(N(C)C)cc2c1.O=C(O)c1ccccc1. The maximum atomic E-state index is 11.5. The van der Waals surface area contributed by atoms with Crippen LogP contribution < -0.4 is 9.62 Å². The summed E-state index contributed by atoms with van der Waals surface area (Å²) >= 11 is 0. The zero-order valence-electron chi connectivity index (χ0n) is 15.4. The van der Waals surface area contributed by atoms with E-state index < -0.39 is 16.0 Å². The molecule has 7 nitrogen and oxygen atoms in total. The minimum Gasteiger partial charge on any atom is -0.478 e. The third kappa shape index (κ3) is 5.83. The number of aromatic carboxylic acids is 1. The Morgan fingerprint density at radius 1 is 1.11 bits per heavy atom. The van der Waals surface area contributed by atoms with Gasteiger partial charge in [-0.1, -0.05) is 24.3 Å². The van der Waals surface area contributed by atoms with Crippen molar-refractivity contribution in [2.75, 3.05) is 26.0 Å². The van der Waals surface area contributed by atoms with Crippen LogP contribution in [0.5, 0.6) is 0 Å². The number of rotatable bonds is 5. The first kappa shape index (κ1) is 20.5. The van der Waals surface area contributed by atoms with Gasteiger partial charge in [0.05, 0.1) is 11.3 Å². The number of aromatic nitrogens is 1. The molecule has 0 unspecified atom stereocenters. The van der Waals surface area contributed by atoms with Gasteiger partial charge in [-0.3, -0.25) is 0 Å². The largest absolute Gasteiger partial charge is 0.478 e. The monoisotopic (exact) mass is 389 g/mol. The summed E-state index contributed by atoms with van der Waals surface area (Å²) in [5.74, 6) is 0.122. The first-order valence-electron chi connectivity index (χ1n) is 8.20. The first-order chi connectivity index (χ1) is 12.7. The van der Waals surface area contributed by atoms with Gasteiger partial charge in [0.25, 0.3) is 0 Å². The number of fused-ring (bicyclic) bond motifs is 1. The summed E-state index contributed by atoms with van der Waals surface area (Å²) in [5.41, 5.74) is 2.11. The predicted molar refractivity (Wildman–Crippen MR) is 108 cm³/mol. The second-order valence-electron chi connectivity index (χ2n) is 6.10. The lowest BCUT2D eigenvalue weighted by Crippen LogP contribution is -2.20. The van der Waals surface area contributed by atoms with Crippen molar-refractivity contribution in [3.63, 3.8) is 0 Å². The highest BCUT2D eigenvalue weighted by Crippen LogP contribution is 2.22. The normalized spacial score (nSPS) is 10.9. The van der Waals surface area contributed by atoms with Crippen molar-refractivity contribution in [2.24, 2.45) is 0 Å². The highest BCUT2D eigenvalue weighted by Gasteiger charge is 2.10. The van der Waals surface area contributed by atoms with Gasteiger partial charge < -0.3 is 15.0 Å². The molecule has 3 aromatic rings. The van der Waals surface area contributed by atoms with E-state index >= 15 is 0 Å². The van der Waals surface area contributed by atoms with Crippen LogP contribution in [0.3, 0.4) is 0 Å². The number of hydrogen-bond acceptors (Lipinski definition) is 4. The molecule has 0 saturated heterocycles. The lowest BCUT2D eigenvalue weighted by Gasteiger charge is -2.07. The summed E-state index contributed by atoms with van der Waals surface area (Å²) in [4.78, 5) is 15.4. The number of sulfonamides is 1. The molecule has 0 amide bonds. The van der Waals surface area contributed by atoms with Crippen LogP contribution in [-0.2, 0) is 15.8 Å². The number of hydrogen-bond donors (Lipinski definition) is 3. The standard InChI is InChI=1S/C12H17N3O2S.C7H6O2/c1-13-18(16,17)8-9-4-5-11-10(6-9)7-12(14-11)15(2)3;8-7(9)6-4-2-1-3-5-6/h4-7,13-14H,8H2,1-3H3;1-5H,(H,8,9). The van der Waals surface area contributed by atoms with Crippen LogP contribution in [0, 0.1) is 0 Å². The number of H-pyrrole nitrogens is 1. The van der Waals surface area contributed by atoms with Crippen LogP contribution in [-0.4, -0.2) is 45.6 Å². The number of carbonyl (C=O) groups is 1. The van der Waals surface area contributed by atoms with E-state index in [1.54, 1.807) is 30.3 Å². The molecule has 2 aromatic carbocycles. The number of carboxylic acid groups (broad SMARTS) is 1. The van der Waals surface area contributed by atoms with Gasteiger partial charge in [0, 0.05) is 25.0 Å². The van der Waals surface area contributed by atoms with Crippen molar-refractivity contribution in [3.8, 4) is 0 Å². The molecule has 0 atom stereocenters. The van der Waals surface area contributed by atoms with E-state index in [1.165, 1.54) is 7.05 Å². The number of benzene rings is 2. The first-order valence-corrected chi connectivity index (χ1v) is 9.85. The Bertz CT molecular complexity index is 1010. The molecular formula is C19H23N3O4S. The fourth-order valence-electron chi connectivity index (χ4n) is 2.37. The van der Waals surface area contributed by atoms with E-state index in [9.17, 15) is 13.2 Å². The number of aromatic amines is 1. The highest BCUT2D eigenvalue weighted by molar-refractivity contribution is 7.88. The van der Waals surface area contributed by atoms with Gasteiger partial charge in [-0.2, -0.15) is 0 Å². The molecular weight excluding hydrogens is 366 g/mol. The highest BCUT2D eigenvalue weighted by atomic mass is 32.2. The quantitative estimate of drug-likeness (QED) is 0.623. The molecule has 0 aliphatic carbocycles. The van der Waals surface area contributed by atoms with Gasteiger partial charge in [-0.05, 0) is 42.9 Å². The average Bonchev–Trinajstić information content (AvgIpc) is 3.06. The van der Waals surface area contributed by atoms with Gasteiger partial charge in [-0.25, -0.2) is 17.9 Å². The van der Waals surface area contributed by atoms with Crippen LogP contribution in [0.2, 0.25) is 0 Å². The van der Waals surface area contributed by atoms with Crippen LogP contribution in [0.15, 0.2) is 54.6 Å². The topological polar surface area (TPSA) is 103 Å². The molecule has 144 valence electrons. The Hall–Kier alpha value is -2.84. The smallest absolute Gasteiger partial charge is 0.335 e. The van der Waals surface area contributed by atoms with Crippen LogP contribution in [0.4, 0.5) is 5.82 Å². The second-order valence-corrected chi connectivity index (χ2v) is 8.03. The van der Waals surface area contributed by atoms with Crippen molar-refractivity contribution in [1.82, 2.24) is 9.71 Å². The summed E-state index contributed by atoms with van der Waals surface area (Å²) in [6.07, 6.45) is 0. The second kappa shape index (κ2) is 8.70. The van der Waals surface area contributed by atoms with Gasteiger partial charge in [0.1, 0.15) is 5.82 Å². The Balaban J connectivity index is 0.000000244. The molecule has 0 bridgehead atoms. The Morgan fingerprint density at radius 3 is 2.30 bits per heavy atom. The van der Waals surface area contributed by atoms with Gasteiger partial charge in [0.15, 0.2) is 0 Å². The third-order valence-corrected chi connectivity index (χ3v) is 5.18. The minimum atomic E-state index is -3.22. The number of nitrogens with zero attached hydrogens (tertiary/aromatic N) is 1. The fourth-order valence-corrected chi connectivity index (χ4v) is 3.13. The van der Waals surface area contributed by atoms with E-state index in [-0.39, 0.29) is 5.75 Å². The minimum absolute atomic E-state index is 0.00190. The maximum Gasteiger partial charge on any atom is 0.335 e. The van der Waals surface area contributed by atoms with Crippen LogP contribution in [0.1, 0.15) is 15.9 Å². The van der Waals surface area contributed by atoms with Crippen molar-refractivity contribution in [3.05, 3.63) is 65.7 Å². The molecule has 0 aliphatic rings. The van der Waals surface area contributed by atoms with Gasteiger partial charge in [-0.15, -0.1) is 0 Å². The third-order valence-electron chi connectivity index (χ3n) is 3.84. The predicted octanol–water partition coefficient (Wildman–Crippen LogP) is 2.67. The number of anilines is 1. The molecule has 0 aliphatic heterocycles. The van der Waals surface area contributed by atoms with Crippen molar-refractivity contribution >= 4 is 32.7 Å².